The second-order valence-electron chi connectivity index (χ2n) is 3.92. The first-order valence-corrected chi connectivity index (χ1v) is 5.28. The Morgan fingerprint density at radius 2 is 2.06 bits per heavy atom. The van der Waals surface area contributed by atoms with Gasteiger partial charge in [0, 0.05) is 11.8 Å². The maximum absolute atomic E-state index is 11.3. The minimum absolute atomic E-state index is 0.0719. The number of aliphatic hydroxyl groups excluding tert-OH is 1. The molecule has 0 radical (unpaired) electrons. The van der Waals surface area contributed by atoms with Crippen molar-refractivity contribution in [1.29, 1.82) is 0 Å². The molecule has 17 heavy (non-hydrogen) atoms. The van der Waals surface area contributed by atoms with Crippen LogP contribution in [0.25, 0.3) is 0 Å². The number of imide groups is 1. The molecule has 2 heterocycles. The van der Waals surface area contributed by atoms with Gasteiger partial charge in [0.05, 0.1) is 19.2 Å². The Labute approximate surface area is 98.3 Å². The molecule has 2 N–H and O–H groups in total. The van der Waals surface area contributed by atoms with Gasteiger partial charge in [0.15, 0.2) is 0 Å². The third-order valence-corrected chi connectivity index (χ3v) is 2.51. The molecule has 1 saturated heterocycles. The van der Waals surface area contributed by atoms with Crippen LogP contribution in [0, 0.1) is 0 Å². The highest BCUT2D eigenvalue weighted by Crippen LogP contribution is 2.23. The molecule has 0 bridgehead atoms. The lowest BCUT2D eigenvalue weighted by Crippen LogP contribution is -2.52. The van der Waals surface area contributed by atoms with Crippen molar-refractivity contribution in [2.75, 3.05) is 18.0 Å². The van der Waals surface area contributed by atoms with Gasteiger partial charge >= 0.3 is 0 Å². The van der Waals surface area contributed by atoms with Crippen molar-refractivity contribution in [2.45, 2.75) is 13.0 Å². The number of aliphatic hydroxyl groups is 1. The number of amides is 2. The summed E-state index contributed by atoms with van der Waals surface area (Å²) in [5.74, 6) is -0.238. The zero-order valence-corrected chi connectivity index (χ0v) is 9.38. The van der Waals surface area contributed by atoms with Gasteiger partial charge in [-0.1, -0.05) is 6.07 Å². The Bertz CT molecular complexity index is 443. The highest BCUT2D eigenvalue weighted by atomic mass is 16.3. The lowest BCUT2D eigenvalue weighted by atomic mass is 10.1. The van der Waals surface area contributed by atoms with Gasteiger partial charge in [0.2, 0.25) is 11.8 Å². The molecule has 1 aromatic heterocycles. The highest BCUT2D eigenvalue weighted by Gasteiger charge is 2.25. The van der Waals surface area contributed by atoms with Crippen LogP contribution in [-0.2, 0) is 9.59 Å². The molecule has 1 aliphatic rings. The number of piperazine rings is 1. The quantitative estimate of drug-likeness (QED) is 0.681. The van der Waals surface area contributed by atoms with Crippen molar-refractivity contribution in [3.8, 4) is 0 Å². The maximum atomic E-state index is 11.3. The molecule has 6 nitrogen and oxygen atoms in total. The van der Waals surface area contributed by atoms with E-state index in [1.165, 1.54) is 0 Å². The van der Waals surface area contributed by atoms with Crippen LogP contribution in [0.1, 0.15) is 18.6 Å². The number of pyridine rings is 1. The van der Waals surface area contributed by atoms with E-state index in [2.05, 4.69) is 10.3 Å². The monoisotopic (exact) mass is 235 g/mol. The second-order valence-corrected chi connectivity index (χ2v) is 3.92. The maximum Gasteiger partial charge on any atom is 0.246 e. The third kappa shape index (κ3) is 2.42. The number of carbonyl (C=O) groups is 2. The second kappa shape index (κ2) is 4.50. The summed E-state index contributed by atoms with van der Waals surface area (Å²) < 4.78 is 0. The van der Waals surface area contributed by atoms with E-state index in [0.717, 1.165) is 0 Å². The number of hydrogen-bond donors (Lipinski definition) is 2. The Balaban J connectivity index is 2.33. The first kappa shape index (κ1) is 11.5. The van der Waals surface area contributed by atoms with Crippen molar-refractivity contribution in [3.05, 3.63) is 23.9 Å². The molecule has 1 atom stereocenters. The van der Waals surface area contributed by atoms with Crippen LogP contribution < -0.4 is 10.2 Å². The molecule has 0 spiro atoms. The molecule has 1 unspecified atom stereocenters. The van der Waals surface area contributed by atoms with Crippen molar-refractivity contribution in [3.63, 3.8) is 0 Å². The smallest absolute Gasteiger partial charge is 0.246 e. The first-order chi connectivity index (χ1) is 8.08. The Morgan fingerprint density at radius 1 is 1.41 bits per heavy atom. The highest BCUT2D eigenvalue weighted by molar-refractivity contribution is 6.02. The van der Waals surface area contributed by atoms with Crippen molar-refractivity contribution in [2.24, 2.45) is 0 Å². The molecule has 1 fully saturated rings. The van der Waals surface area contributed by atoms with Crippen LogP contribution in [0.4, 0.5) is 5.82 Å². The number of nitrogens with zero attached hydrogens (tertiary/aromatic N) is 2. The average molecular weight is 235 g/mol. The lowest BCUT2D eigenvalue weighted by Gasteiger charge is -2.28. The molecule has 90 valence electrons. The first-order valence-electron chi connectivity index (χ1n) is 5.28. The topological polar surface area (TPSA) is 82.5 Å². The Hall–Kier alpha value is -1.95. The van der Waals surface area contributed by atoms with Crippen LogP contribution in [0.2, 0.25) is 0 Å². The standard InChI is InChI=1S/C11H13N3O3/c1-7(15)8-3-2-4-12-11(8)14-5-9(16)13-10(17)6-14/h2-4,7,15H,5-6H2,1H3,(H,13,16,17). The largest absolute Gasteiger partial charge is 0.389 e. The SMILES string of the molecule is CC(O)c1cccnc1N1CC(=O)NC(=O)C1. The molecule has 6 heteroatoms. The number of carbonyl (C=O) groups excluding carboxylic acids is 2. The molecule has 2 amide bonds. The number of anilines is 1. The molecule has 2 rings (SSSR count). The Morgan fingerprint density at radius 3 is 2.65 bits per heavy atom. The summed E-state index contributed by atoms with van der Waals surface area (Å²) in [6.07, 6.45) is 0.872. The number of nitrogens with one attached hydrogen (secondary N) is 1. The summed E-state index contributed by atoms with van der Waals surface area (Å²) in [5.41, 5.74) is 0.606. The zero-order valence-electron chi connectivity index (χ0n) is 9.38. The fraction of sp³-hybridized carbons (Fsp3) is 0.364. The van der Waals surface area contributed by atoms with Crippen LogP contribution >= 0.6 is 0 Å². The van der Waals surface area contributed by atoms with E-state index < -0.39 is 6.10 Å². The zero-order chi connectivity index (χ0) is 12.4. The fourth-order valence-electron chi connectivity index (χ4n) is 1.79. The molecule has 1 aliphatic heterocycles. The van der Waals surface area contributed by atoms with E-state index in [1.54, 1.807) is 30.2 Å². The van der Waals surface area contributed by atoms with Gasteiger partial charge in [-0.05, 0) is 13.0 Å². The molecular weight excluding hydrogens is 222 g/mol. The summed E-state index contributed by atoms with van der Waals surface area (Å²) in [6.45, 7) is 1.76. The van der Waals surface area contributed by atoms with E-state index >= 15 is 0 Å². The number of hydrogen-bond acceptors (Lipinski definition) is 5. The van der Waals surface area contributed by atoms with Crippen LogP contribution in [-0.4, -0.2) is 35.0 Å². The third-order valence-electron chi connectivity index (χ3n) is 2.51. The predicted molar refractivity (Wildman–Crippen MR) is 60.2 cm³/mol. The summed E-state index contributed by atoms with van der Waals surface area (Å²) in [4.78, 5) is 28.2. The number of rotatable bonds is 2. The summed E-state index contributed by atoms with van der Waals surface area (Å²) in [7, 11) is 0. The molecule has 1 aromatic rings. The molecule has 0 aliphatic carbocycles. The van der Waals surface area contributed by atoms with E-state index in [-0.39, 0.29) is 24.9 Å². The predicted octanol–water partition coefficient (Wildman–Crippen LogP) is -0.402. The number of aromatic nitrogens is 1. The van der Waals surface area contributed by atoms with E-state index in [1.807, 2.05) is 0 Å². The van der Waals surface area contributed by atoms with Crippen molar-refractivity contribution < 1.29 is 14.7 Å². The van der Waals surface area contributed by atoms with Crippen LogP contribution in [0.5, 0.6) is 0 Å². The average Bonchev–Trinajstić information content (AvgIpc) is 2.27. The van der Waals surface area contributed by atoms with Gasteiger partial charge < -0.3 is 10.0 Å². The van der Waals surface area contributed by atoms with Crippen molar-refractivity contribution >= 4 is 17.6 Å². The summed E-state index contributed by atoms with van der Waals surface area (Å²) in [5, 5.41) is 11.8. The van der Waals surface area contributed by atoms with Gasteiger partial charge in [-0.2, -0.15) is 0 Å². The Kier molecular flexibility index (Phi) is 3.06. The van der Waals surface area contributed by atoms with Gasteiger partial charge in [-0.25, -0.2) is 4.98 Å². The van der Waals surface area contributed by atoms with Gasteiger partial charge in [-0.3, -0.25) is 14.9 Å². The van der Waals surface area contributed by atoms with Gasteiger partial charge in [0.1, 0.15) is 5.82 Å². The molecule has 0 aromatic carbocycles. The lowest BCUT2D eigenvalue weighted by molar-refractivity contribution is -0.130. The van der Waals surface area contributed by atoms with E-state index in [9.17, 15) is 14.7 Å². The van der Waals surface area contributed by atoms with Gasteiger partial charge in [-0.15, -0.1) is 0 Å². The van der Waals surface area contributed by atoms with Gasteiger partial charge in [0.25, 0.3) is 0 Å². The molecular formula is C11H13N3O3. The normalized spacial score (nSPS) is 17.9. The van der Waals surface area contributed by atoms with Crippen LogP contribution in [0.15, 0.2) is 18.3 Å². The van der Waals surface area contributed by atoms with E-state index in [0.29, 0.717) is 11.4 Å². The van der Waals surface area contributed by atoms with E-state index in [4.69, 9.17) is 0 Å². The summed E-state index contributed by atoms with van der Waals surface area (Å²) in [6, 6.07) is 3.43. The molecule has 0 saturated carbocycles. The van der Waals surface area contributed by atoms with Crippen LogP contribution in [0.3, 0.4) is 0 Å². The summed E-state index contributed by atoms with van der Waals surface area (Å²) >= 11 is 0. The minimum Gasteiger partial charge on any atom is -0.389 e. The minimum atomic E-state index is -0.696. The fourth-order valence-corrected chi connectivity index (χ4v) is 1.79. The van der Waals surface area contributed by atoms with Crippen molar-refractivity contribution in [1.82, 2.24) is 10.3 Å².